The summed E-state index contributed by atoms with van der Waals surface area (Å²) in [5.41, 5.74) is 0.217. The van der Waals surface area contributed by atoms with Gasteiger partial charge in [-0.3, -0.25) is 14.9 Å². The summed E-state index contributed by atoms with van der Waals surface area (Å²) in [5, 5.41) is 14.4. The molecule has 3 rings (SSSR count). The third kappa shape index (κ3) is 2.47. The molecule has 1 aromatic heterocycles. The maximum absolute atomic E-state index is 12.2. The van der Waals surface area contributed by atoms with Crippen LogP contribution in [0.3, 0.4) is 0 Å². The van der Waals surface area contributed by atoms with Crippen molar-refractivity contribution in [1.82, 2.24) is 15.0 Å². The Morgan fingerprint density at radius 1 is 1.48 bits per heavy atom. The van der Waals surface area contributed by atoms with Gasteiger partial charge in [0, 0.05) is 30.8 Å². The van der Waals surface area contributed by atoms with Gasteiger partial charge in [0.05, 0.1) is 10.8 Å². The van der Waals surface area contributed by atoms with Crippen molar-refractivity contribution in [2.45, 2.75) is 12.8 Å². The maximum atomic E-state index is 12.2. The average Bonchev–Trinajstić information content (AvgIpc) is 2.83. The zero-order valence-corrected chi connectivity index (χ0v) is 11.2. The molecule has 0 atom stereocenters. The van der Waals surface area contributed by atoms with Crippen LogP contribution in [0.25, 0.3) is 0 Å². The molecule has 0 saturated carbocycles. The van der Waals surface area contributed by atoms with E-state index in [1.165, 1.54) is 18.2 Å². The number of hydrogen-bond donors (Lipinski definition) is 0. The number of benzene rings is 1. The third-order valence-corrected chi connectivity index (χ3v) is 3.37. The van der Waals surface area contributed by atoms with Crippen molar-refractivity contribution in [2.24, 2.45) is 0 Å². The van der Waals surface area contributed by atoms with Crippen molar-refractivity contribution in [3.63, 3.8) is 0 Å². The molecule has 0 aliphatic carbocycles. The first kappa shape index (κ1) is 13.2. The van der Waals surface area contributed by atoms with Crippen molar-refractivity contribution >= 4 is 11.6 Å². The molecule has 0 unspecified atom stereocenters. The first-order valence-electron chi connectivity index (χ1n) is 6.38. The second-order valence-corrected chi connectivity index (χ2v) is 4.89. The monoisotopic (exact) mass is 288 g/mol. The number of likely N-dealkylation sites (tertiary alicyclic amines) is 1. The Morgan fingerprint density at radius 3 is 2.86 bits per heavy atom. The Hall–Kier alpha value is -2.77. The lowest BCUT2D eigenvalue weighted by Crippen LogP contribution is -2.48. The van der Waals surface area contributed by atoms with E-state index in [0.717, 1.165) is 0 Å². The van der Waals surface area contributed by atoms with Crippen LogP contribution in [0.1, 0.15) is 28.0 Å². The van der Waals surface area contributed by atoms with Crippen molar-refractivity contribution in [3.05, 3.63) is 51.7 Å². The lowest BCUT2D eigenvalue weighted by molar-refractivity contribution is -0.384. The van der Waals surface area contributed by atoms with Gasteiger partial charge >= 0.3 is 0 Å². The predicted molar refractivity (Wildman–Crippen MR) is 70.8 cm³/mol. The number of rotatable bonds is 3. The summed E-state index contributed by atoms with van der Waals surface area (Å²) in [6.45, 7) is 2.68. The quantitative estimate of drug-likeness (QED) is 0.626. The standard InChI is InChI=1S/C13H12N4O4/c1-8-14-12(21-15-8)10-6-16(7-10)13(18)9-3-2-4-11(5-9)17(19)20/h2-5,10H,6-7H2,1H3. The highest BCUT2D eigenvalue weighted by atomic mass is 16.6. The zero-order valence-electron chi connectivity index (χ0n) is 11.2. The van der Waals surface area contributed by atoms with Gasteiger partial charge in [-0.15, -0.1) is 0 Å². The van der Waals surface area contributed by atoms with Crippen molar-refractivity contribution < 1.29 is 14.2 Å². The summed E-state index contributed by atoms with van der Waals surface area (Å²) in [6.07, 6.45) is 0. The molecule has 108 valence electrons. The summed E-state index contributed by atoms with van der Waals surface area (Å²) in [4.78, 5) is 28.2. The van der Waals surface area contributed by atoms with Crippen molar-refractivity contribution in [2.75, 3.05) is 13.1 Å². The van der Waals surface area contributed by atoms with E-state index >= 15 is 0 Å². The largest absolute Gasteiger partial charge is 0.339 e. The third-order valence-electron chi connectivity index (χ3n) is 3.37. The molecule has 2 aromatic rings. The van der Waals surface area contributed by atoms with Crippen molar-refractivity contribution in [3.8, 4) is 0 Å². The van der Waals surface area contributed by atoms with E-state index in [1.54, 1.807) is 17.9 Å². The highest BCUT2D eigenvalue weighted by Crippen LogP contribution is 2.27. The molecular weight excluding hydrogens is 276 g/mol. The van der Waals surface area contributed by atoms with Gasteiger partial charge in [0.15, 0.2) is 5.82 Å². The number of nitrogens with zero attached hydrogens (tertiary/aromatic N) is 4. The first-order chi connectivity index (χ1) is 10.0. The molecule has 1 aliphatic heterocycles. The number of amides is 1. The van der Waals surface area contributed by atoms with Crippen LogP contribution in [-0.2, 0) is 0 Å². The number of aryl methyl sites for hydroxylation is 1. The molecule has 1 aliphatic rings. The lowest BCUT2D eigenvalue weighted by Gasteiger charge is -2.37. The van der Waals surface area contributed by atoms with E-state index in [2.05, 4.69) is 10.1 Å². The van der Waals surface area contributed by atoms with E-state index in [1.807, 2.05) is 0 Å². The Labute approximate surface area is 119 Å². The summed E-state index contributed by atoms with van der Waals surface area (Å²) < 4.78 is 5.06. The Kier molecular flexibility index (Phi) is 3.13. The molecule has 0 bridgehead atoms. The number of hydrogen-bond acceptors (Lipinski definition) is 6. The minimum absolute atomic E-state index is 0.0360. The number of nitro groups is 1. The molecular formula is C13H12N4O4. The molecule has 21 heavy (non-hydrogen) atoms. The average molecular weight is 288 g/mol. The molecule has 1 aromatic carbocycles. The Bertz CT molecular complexity index is 706. The predicted octanol–water partition coefficient (Wildman–Crippen LogP) is 1.53. The van der Waals surface area contributed by atoms with E-state index in [4.69, 9.17) is 4.52 Å². The van der Waals surface area contributed by atoms with Gasteiger partial charge in [-0.2, -0.15) is 4.98 Å². The van der Waals surface area contributed by atoms with Gasteiger partial charge in [-0.25, -0.2) is 0 Å². The van der Waals surface area contributed by atoms with Crippen LogP contribution in [0.4, 0.5) is 5.69 Å². The van der Waals surface area contributed by atoms with Gasteiger partial charge in [0.2, 0.25) is 5.89 Å². The van der Waals surface area contributed by atoms with Crippen LogP contribution >= 0.6 is 0 Å². The van der Waals surface area contributed by atoms with E-state index in [-0.39, 0.29) is 17.5 Å². The van der Waals surface area contributed by atoms with Gasteiger partial charge in [-0.05, 0) is 13.0 Å². The fourth-order valence-corrected chi connectivity index (χ4v) is 2.21. The lowest BCUT2D eigenvalue weighted by atomic mass is 9.98. The van der Waals surface area contributed by atoms with Crippen LogP contribution in [0.2, 0.25) is 0 Å². The number of non-ortho nitro benzene ring substituents is 1. The topological polar surface area (TPSA) is 102 Å². The van der Waals surface area contributed by atoms with Crippen LogP contribution in [0.5, 0.6) is 0 Å². The maximum Gasteiger partial charge on any atom is 0.270 e. The van der Waals surface area contributed by atoms with Crippen LogP contribution in [-0.4, -0.2) is 39.0 Å². The van der Waals surface area contributed by atoms with Crippen molar-refractivity contribution in [1.29, 1.82) is 0 Å². The van der Waals surface area contributed by atoms with Crippen LogP contribution in [0.15, 0.2) is 28.8 Å². The molecule has 0 radical (unpaired) electrons. The first-order valence-corrected chi connectivity index (χ1v) is 6.38. The smallest absolute Gasteiger partial charge is 0.270 e. The molecule has 8 heteroatoms. The fraction of sp³-hybridized carbons (Fsp3) is 0.308. The van der Waals surface area contributed by atoms with E-state index < -0.39 is 4.92 Å². The molecule has 1 saturated heterocycles. The normalized spacial score (nSPS) is 14.8. The molecule has 0 N–H and O–H groups in total. The second-order valence-electron chi connectivity index (χ2n) is 4.89. The highest BCUT2D eigenvalue weighted by Gasteiger charge is 2.36. The Balaban J connectivity index is 1.68. The fourth-order valence-electron chi connectivity index (χ4n) is 2.21. The number of aromatic nitrogens is 2. The molecule has 1 fully saturated rings. The SMILES string of the molecule is Cc1noc(C2CN(C(=O)c3cccc([N+](=O)[O-])c3)C2)n1. The minimum Gasteiger partial charge on any atom is -0.339 e. The summed E-state index contributed by atoms with van der Waals surface area (Å²) in [7, 11) is 0. The van der Waals surface area contributed by atoms with Gasteiger partial charge in [-0.1, -0.05) is 11.2 Å². The second kappa shape index (κ2) is 4.97. The van der Waals surface area contributed by atoms with Crippen LogP contribution in [0, 0.1) is 17.0 Å². The van der Waals surface area contributed by atoms with E-state index in [0.29, 0.717) is 30.4 Å². The summed E-state index contributed by atoms with van der Waals surface area (Å²) >= 11 is 0. The highest BCUT2D eigenvalue weighted by molar-refractivity contribution is 5.95. The summed E-state index contributed by atoms with van der Waals surface area (Å²) in [6, 6.07) is 5.72. The molecule has 1 amide bonds. The van der Waals surface area contributed by atoms with Crippen LogP contribution < -0.4 is 0 Å². The van der Waals surface area contributed by atoms with Gasteiger partial charge < -0.3 is 9.42 Å². The van der Waals surface area contributed by atoms with Gasteiger partial charge in [0.1, 0.15) is 0 Å². The summed E-state index contributed by atoms with van der Waals surface area (Å²) in [5.74, 6) is 0.893. The Morgan fingerprint density at radius 2 is 2.24 bits per heavy atom. The number of carbonyl (C=O) groups is 1. The number of nitro benzene ring substituents is 1. The zero-order chi connectivity index (χ0) is 15.0. The molecule has 2 heterocycles. The number of carbonyl (C=O) groups excluding carboxylic acids is 1. The van der Waals surface area contributed by atoms with E-state index in [9.17, 15) is 14.9 Å². The molecule has 8 nitrogen and oxygen atoms in total. The van der Waals surface area contributed by atoms with Gasteiger partial charge in [0.25, 0.3) is 11.6 Å². The minimum atomic E-state index is -0.517. The molecule has 0 spiro atoms.